The Bertz CT molecular complexity index is 770. The largest absolute Gasteiger partial charge is 0.368 e. The van der Waals surface area contributed by atoms with Crippen LogP contribution in [0.15, 0.2) is 24.3 Å². The number of hydrogen-bond donors (Lipinski definition) is 2. The molecule has 0 atom stereocenters. The van der Waals surface area contributed by atoms with Crippen molar-refractivity contribution in [1.29, 1.82) is 0 Å². The molecule has 2 aromatic rings. The summed E-state index contributed by atoms with van der Waals surface area (Å²) in [6, 6.07) is 7.90. The summed E-state index contributed by atoms with van der Waals surface area (Å²) in [5, 5.41) is 3.83. The number of benzene rings is 1. The van der Waals surface area contributed by atoms with Crippen molar-refractivity contribution >= 4 is 29.3 Å². The summed E-state index contributed by atoms with van der Waals surface area (Å²) in [7, 11) is 0. The minimum Gasteiger partial charge on any atom is -0.368 e. The molecule has 0 unspecified atom stereocenters. The monoisotopic (exact) mass is 359 g/mol. The second-order valence-corrected chi connectivity index (χ2v) is 6.78. The average Bonchev–Trinajstić information content (AvgIpc) is 2.60. The number of halogens is 1. The van der Waals surface area contributed by atoms with Gasteiger partial charge < -0.3 is 16.0 Å². The lowest BCUT2D eigenvalue weighted by molar-refractivity contribution is 0.0718. The first-order chi connectivity index (χ1) is 11.9. The van der Waals surface area contributed by atoms with Crippen LogP contribution in [-0.2, 0) is 0 Å². The maximum absolute atomic E-state index is 12.6. The van der Waals surface area contributed by atoms with Crippen molar-refractivity contribution in [2.45, 2.75) is 32.7 Å². The number of piperidine rings is 1. The fourth-order valence-corrected chi connectivity index (χ4v) is 3.11. The predicted molar refractivity (Wildman–Crippen MR) is 99.9 cm³/mol. The summed E-state index contributed by atoms with van der Waals surface area (Å²) in [6.07, 6.45) is 1.66. The molecule has 132 valence electrons. The van der Waals surface area contributed by atoms with Gasteiger partial charge in [-0.3, -0.25) is 4.79 Å². The Hall–Kier alpha value is -2.34. The van der Waals surface area contributed by atoms with E-state index in [2.05, 4.69) is 15.3 Å². The van der Waals surface area contributed by atoms with Gasteiger partial charge in [0.05, 0.1) is 5.69 Å². The van der Waals surface area contributed by atoms with E-state index < -0.39 is 0 Å². The maximum Gasteiger partial charge on any atom is 0.253 e. The third kappa shape index (κ3) is 4.02. The third-order valence-electron chi connectivity index (χ3n) is 4.46. The second-order valence-electron chi connectivity index (χ2n) is 6.41. The molecule has 0 bridgehead atoms. The van der Waals surface area contributed by atoms with Crippen molar-refractivity contribution < 1.29 is 4.79 Å². The molecule has 0 saturated carbocycles. The number of hydrogen-bond acceptors (Lipinski definition) is 5. The molecular weight excluding hydrogens is 338 g/mol. The maximum atomic E-state index is 12.6. The molecule has 0 spiro atoms. The number of nitrogen functional groups attached to an aromatic ring is 1. The molecule has 2 heterocycles. The van der Waals surface area contributed by atoms with Crippen molar-refractivity contribution in [2.24, 2.45) is 0 Å². The Kier molecular flexibility index (Phi) is 5.08. The van der Waals surface area contributed by atoms with Crippen molar-refractivity contribution in [1.82, 2.24) is 14.9 Å². The fraction of sp³-hybridized carbons (Fsp3) is 0.389. The molecule has 0 radical (unpaired) electrons. The lowest BCUT2D eigenvalue weighted by Gasteiger charge is -2.33. The van der Waals surface area contributed by atoms with E-state index in [1.165, 1.54) is 0 Å². The van der Waals surface area contributed by atoms with Crippen molar-refractivity contribution in [3.63, 3.8) is 0 Å². The SMILES string of the molecule is Cc1ccc(C(=O)N2CCC(Nc3nc(N)nc(C)c3Cl)CC2)cc1. The molecule has 7 heteroatoms. The number of aryl methyl sites for hydroxylation is 2. The van der Waals surface area contributed by atoms with Gasteiger partial charge in [-0.15, -0.1) is 0 Å². The standard InChI is InChI=1S/C18H22ClN5O/c1-11-3-5-13(6-4-11)17(25)24-9-7-14(8-10-24)22-16-15(19)12(2)21-18(20)23-16/h3-6,14H,7-10H2,1-2H3,(H3,20,21,22,23). The average molecular weight is 360 g/mol. The van der Waals surface area contributed by atoms with Crippen LogP contribution in [-0.4, -0.2) is 39.9 Å². The zero-order valence-electron chi connectivity index (χ0n) is 14.4. The first-order valence-corrected chi connectivity index (χ1v) is 8.74. The van der Waals surface area contributed by atoms with Gasteiger partial charge in [0.15, 0.2) is 5.82 Å². The minimum absolute atomic E-state index is 0.0820. The highest BCUT2D eigenvalue weighted by Crippen LogP contribution is 2.26. The lowest BCUT2D eigenvalue weighted by atomic mass is 10.0. The number of carbonyl (C=O) groups is 1. The highest BCUT2D eigenvalue weighted by atomic mass is 35.5. The Morgan fingerprint density at radius 1 is 1.20 bits per heavy atom. The molecule has 1 aliphatic heterocycles. The van der Waals surface area contributed by atoms with E-state index >= 15 is 0 Å². The van der Waals surface area contributed by atoms with Gasteiger partial charge in [0.1, 0.15) is 5.02 Å². The quantitative estimate of drug-likeness (QED) is 0.879. The van der Waals surface area contributed by atoms with Gasteiger partial charge in [-0.2, -0.15) is 4.98 Å². The van der Waals surface area contributed by atoms with Crippen LogP contribution in [0, 0.1) is 13.8 Å². The zero-order valence-corrected chi connectivity index (χ0v) is 15.2. The molecule has 3 N–H and O–H groups in total. The number of likely N-dealkylation sites (tertiary alicyclic amines) is 1. The van der Waals surface area contributed by atoms with Crippen molar-refractivity contribution in [2.75, 3.05) is 24.1 Å². The van der Waals surface area contributed by atoms with E-state index in [-0.39, 0.29) is 17.9 Å². The van der Waals surface area contributed by atoms with Gasteiger partial charge in [0.2, 0.25) is 5.95 Å². The van der Waals surface area contributed by atoms with Crippen LogP contribution >= 0.6 is 11.6 Å². The van der Waals surface area contributed by atoms with Gasteiger partial charge >= 0.3 is 0 Å². The summed E-state index contributed by atoms with van der Waals surface area (Å²) in [5.41, 5.74) is 8.24. The topological polar surface area (TPSA) is 84.1 Å². The van der Waals surface area contributed by atoms with E-state index in [0.29, 0.717) is 29.6 Å². The summed E-state index contributed by atoms with van der Waals surface area (Å²) >= 11 is 6.25. The van der Waals surface area contributed by atoms with E-state index in [1.807, 2.05) is 36.1 Å². The molecular formula is C18H22ClN5O. The molecule has 6 nitrogen and oxygen atoms in total. The number of amides is 1. The molecule has 3 rings (SSSR count). The highest BCUT2D eigenvalue weighted by molar-refractivity contribution is 6.33. The van der Waals surface area contributed by atoms with Crippen LogP contribution < -0.4 is 11.1 Å². The summed E-state index contributed by atoms with van der Waals surface area (Å²) in [4.78, 5) is 22.7. The van der Waals surface area contributed by atoms with Gasteiger partial charge in [-0.1, -0.05) is 29.3 Å². The van der Waals surface area contributed by atoms with Crippen LogP contribution in [0.5, 0.6) is 0 Å². The van der Waals surface area contributed by atoms with Crippen LogP contribution in [0.1, 0.15) is 34.5 Å². The Morgan fingerprint density at radius 2 is 1.84 bits per heavy atom. The van der Waals surface area contributed by atoms with Gasteiger partial charge in [0, 0.05) is 24.7 Å². The van der Waals surface area contributed by atoms with Gasteiger partial charge in [0.25, 0.3) is 5.91 Å². The molecule has 25 heavy (non-hydrogen) atoms. The summed E-state index contributed by atoms with van der Waals surface area (Å²) in [6.45, 7) is 5.20. The van der Waals surface area contributed by atoms with E-state index in [1.54, 1.807) is 6.92 Å². The number of nitrogens with zero attached hydrogens (tertiary/aromatic N) is 3. The highest BCUT2D eigenvalue weighted by Gasteiger charge is 2.24. The summed E-state index contributed by atoms with van der Waals surface area (Å²) in [5.74, 6) is 0.852. The minimum atomic E-state index is 0.0820. The Labute approximate surface area is 152 Å². The van der Waals surface area contributed by atoms with E-state index in [4.69, 9.17) is 17.3 Å². The Morgan fingerprint density at radius 3 is 2.48 bits per heavy atom. The van der Waals surface area contributed by atoms with Crippen molar-refractivity contribution in [3.05, 3.63) is 46.1 Å². The first kappa shape index (κ1) is 17.5. The Balaban J connectivity index is 1.60. The van der Waals surface area contributed by atoms with Crippen LogP contribution in [0.4, 0.5) is 11.8 Å². The van der Waals surface area contributed by atoms with Gasteiger partial charge in [-0.05, 0) is 38.8 Å². The van der Waals surface area contributed by atoms with Crippen LogP contribution in [0.3, 0.4) is 0 Å². The lowest BCUT2D eigenvalue weighted by Crippen LogP contribution is -2.42. The van der Waals surface area contributed by atoms with Crippen molar-refractivity contribution in [3.8, 4) is 0 Å². The number of nitrogens with one attached hydrogen (secondary N) is 1. The van der Waals surface area contributed by atoms with E-state index in [0.717, 1.165) is 24.0 Å². The zero-order chi connectivity index (χ0) is 18.0. The third-order valence-corrected chi connectivity index (χ3v) is 4.91. The molecule has 1 aromatic heterocycles. The number of carbonyl (C=O) groups excluding carboxylic acids is 1. The van der Waals surface area contributed by atoms with Gasteiger partial charge in [-0.25, -0.2) is 4.98 Å². The number of nitrogens with two attached hydrogens (primary N) is 1. The number of anilines is 2. The molecule has 1 aromatic carbocycles. The number of aromatic nitrogens is 2. The fourth-order valence-electron chi connectivity index (χ4n) is 2.98. The van der Waals surface area contributed by atoms with Crippen LogP contribution in [0.2, 0.25) is 5.02 Å². The van der Waals surface area contributed by atoms with E-state index in [9.17, 15) is 4.79 Å². The first-order valence-electron chi connectivity index (χ1n) is 8.36. The normalized spacial score (nSPS) is 15.2. The molecule has 1 amide bonds. The smallest absolute Gasteiger partial charge is 0.253 e. The predicted octanol–water partition coefficient (Wildman–Crippen LogP) is 3.05. The molecule has 1 aliphatic rings. The molecule has 1 fully saturated rings. The second kappa shape index (κ2) is 7.27. The van der Waals surface area contributed by atoms with Crippen LogP contribution in [0.25, 0.3) is 0 Å². The number of rotatable bonds is 3. The summed E-state index contributed by atoms with van der Waals surface area (Å²) < 4.78 is 0. The molecule has 0 aliphatic carbocycles. The molecule has 1 saturated heterocycles.